The number of aryl methyl sites for hydroxylation is 1. The van der Waals surface area contributed by atoms with Gasteiger partial charge in [-0.05, 0) is 93.4 Å². The van der Waals surface area contributed by atoms with Gasteiger partial charge < -0.3 is 9.29 Å². The summed E-state index contributed by atoms with van der Waals surface area (Å²) in [5.41, 5.74) is 0.931. The molecule has 0 radical (unpaired) electrons. The van der Waals surface area contributed by atoms with Crippen molar-refractivity contribution in [3.63, 3.8) is 0 Å². The molecule has 134 valence electrons. The van der Waals surface area contributed by atoms with E-state index < -0.39 is 16.1 Å². The van der Waals surface area contributed by atoms with Crippen LogP contribution in [0.2, 0.25) is 0 Å². The molecule has 2 aromatic rings. The molecule has 0 N–H and O–H groups in total. The minimum absolute atomic E-state index is 0.233. The van der Waals surface area contributed by atoms with Crippen LogP contribution in [-0.2, 0) is 10.1 Å². The Hall–Kier alpha value is -0.720. The Labute approximate surface area is 174 Å². The van der Waals surface area contributed by atoms with E-state index in [-0.39, 0.29) is 16.4 Å². The van der Waals surface area contributed by atoms with Gasteiger partial charge in [0.15, 0.2) is 0 Å². The van der Waals surface area contributed by atoms with E-state index in [4.69, 9.17) is 4.74 Å². The molecule has 2 aromatic carbocycles. The molecule has 0 saturated carbocycles. The number of carbonyl (C=O) groups is 1. The number of carbonyl (C=O) groups excluding carboxylic acids is 1. The molecular formula is C17H15I2O5S-. The zero-order chi connectivity index (χ0) is 18.9. The number of rotatable bonds is 4. The van der Waals surface area contributed by atoms with Crippen molar-refractivity contribution in [3.05, 3.63) is 54.2 Å². The summed E-state index contributed by atoms with van der Waals surface area (Å²) in [4.78, 5) is 12.3. The number of hydrogen-bond donors (Lipinski definition) is 0. The number of benzene rings is 2. The minimum atomic E-state index is -4.62. The molecule has 0 spiro atoms. The van der Waals surface area contributed by atoms with Crippen LogP contribution < -0.4 is 4.74 Å². The van der Waals surface area contributed by atoms with Crippen LogP contribution in [-0.4, -0.2) is 18.9 Å². The summed E-state index contributed by atoms with van der Waals surface area (Å²) in [6.07, 6.45) is 0. The molecule has 5 nitrogen and oxygen atoms in total. The molecule has 0 aliphatic carbocycles. The summed E-state index contributed by atoms with van der Waals surface area (Å²) in [5.74, 6) is -0.388. The first kappa shape index (κ1) is 20.6. The Morgan fingerprint density at radius 2 is 1.84 bits per heavy atom. The monoisotopic (exact) mass is 585 g/mol. The van der Waals surface area contributed by atoms with Crippen LogP contribution in [0.5, 0.6) is 5.75 Å². The fraction of sp³-hybridized carbons (Fsp3) is 0.235. The van der Waals surface area contributed by atoms with Crippen molar-refractivity contribution in [3.8, 4) is 5.75 Å². The first-order chi connectivity index (χ1) is 11.5. The van der Waals surface area contributed by atoms with Gasteiger partial charge in [0.25, 0.3) is 0 Å². The van der Waals surface area contributed by atoms with Crippen LogP contribution in [0.3, 0.4) is 0 Å². The van der Waals surface area contributed by atoms with Gasteiger partial charge in [0.05, 0.1) is 14.0 Å². The zero-order valence-electron chi connectivity index (χ0n) is 13.7. The average Bonchev–Trinajstić information content (AvgIpc) is 2.50. The van der Waals surface area contributed by atoms with Gasteiger partial charge in [-0.1, -0.05) is 19.9 Å². The van der Waals surface area contributed by atoms with Gasteiger partial charge in [-0.3, -0.25) is 0 Å². The largest absolute Gasteiger partial charge is 0.744 e. The van der Waals surface area contributed by atoms with Crippen molar-refractivity contribution >= 4 is 61.3 Å². The molecule has 0 saturated heterocycles. The quantitative estimate of drug-likeness (QED) is 0.229. The Kier molecular flexibility index (Phi) is 6.50. The van der Waals surface area contributed by atoms with Gasteiger partial charge >= 0.3 is 5.97 Å². The lowest BCUT2D eigenvalue weighted by Crippen LogP contribution is -2.14. The van der Waals surface area contributed by atoms with E-state index in [0.717, 1.165) is 7.14 Å². The lowest BCUT2D eigenvalue weighted by molar-refractivity contribution is 0.0732. The molecule has 0 amide bonds. The number of halogens is 2. The molecule has 0 bridgehead atoms. The van der Waals surface area contributed by atoms with E-state index in [1.54, 1.807) is 32.9 Å². The maximum absolute atomic E-state index is 12.6. The van der Waals surface area contributed by atoms with E-state index in [0.29, 0.717) is 16.9 Å². The maximum atomic E-state index is 12.6. The second-order valence-corrected chi connectivity index (χ2v) is 9.34. The molecule has 0 aliphatic rings. The Balaban J connectivity index is 2.50. The van der Waals surface area contributed by atoms with Crippen LogP contribution in [0, 0.1) is 14.1 Å². The Morgan fingerprint density at radius 3 is 2.40 bits per heavy atom. The third-order valence-electron chi connectivity index (χ3n) is 3.59. The fourth-order valence-corrected chi connectivity index (χ4v) is 4.15. The van der Waals surface area contributed by atoms with Gasteiger partial charge in [0, 0.05) is 3.57 Å². The zero-order valence-corrected chi connectivity index (χ0v) is 18.8. The molecule has 2 rings (SSSR count). The summed E-state index contributed by atoms with van der Waals surface area (Å²) in [7, 11) is -4.62. The normalized spacial score (nSPS) is 11.6. The maximum Gasteiger partial charge on any atom is 0.343 e. The van der Waals surface area contributed by atoms with Gasteiger partial charge in [-0.25, -0.2) is 13.2 Å². The standard InChI is InChI=1S/C17H16I2O5S/c1-9(2)11-8-12(10(3)7-15(11)25(21,22)23)17(20)24-14-6-4-5-13(18)16(14)19/h4-9H,1-3H3,(H,21,22,23)/p-1. The SMILES string of the molecule is Cc1cc(S(=O)(=O)[O-])c(C(C)C)cc1C(=O)Oc1cccc(I)c1I. The van der Waals surface area contributed by atoms with Gasteiger partial charge in [-0.15, -0.1) is 0 Å². The van der Waals surface area contributed by atoms with Crippen LogP contribution in [0.1, 0.15) is 41.3 Å². The molecule has 0 heterocycles. The fourth-order valence-electron chi connectivity index (χ4n) is 2.30. The van der Waals surface area contributed by atoms with Crippen molar-refractivity contribution in [2.45, 2.75) is 31.6 Å². The highest BCUT2D eigenvalue weighted by molar-refractivity contribution is 14.1. The van der Waals surface area contributed by atoms with Crippen molar-refractivity contribution < 1.29 is 22.5 Å². The molecular weight excluding hydrogens is 570 g/mol. The Bertz CT molecular complexity index is 936. The van der Waals surface area contributed by atoms with E-state index in [2.05, 4.69) is 45.2 Å². The van der Waals surface area contributed by atoms with Crippen LogP contribution >= 0.6 is 45.2 Å². The summed E-state index contributed by atoms with van der Waals surface area (Å²) in [5, 5.41) is 0. The third-order valence-corrected chi connectivity index (χ3v) is 7.52. The van der Waals surface area contributed by atoms with E-state index in [9.17, 15) is 17.8 Å². The van der Waals surface area contributed by atoms with Gasteiger partial charge in [0.2, 0.25) is 0 Å². The van der Waals surface area contributed by atoms with Gasteiger partial charge in [0.1, 0.15) is 15.9 Å². The third kappa shape index (κ3) is 4.72. The van der Waals surface area contributed by atoms with E-state index in [1.807, 2.05) is 6.07 Å². The lowest BCUT2D eigenvalue weighted by Gasteiger charge is -2.18. The highest BCUT2D eigenvalue weighted by Crippen LogP contribution is 2.30. The topological polar surface area (TPSA) is 83.5 Å². The minimum Gasteiger partial charge on any atom is -0.744 e. The lowest BCUT2D eigenvalue weighted by atomic mass is 9.97. The number of esters is 1. The van der Waals surface area contributed by atoms with Crippen LogP contribution in [0.4, 0.5) is 0 Å². The van der Waals surface area contributed by atoms with Crippen LogP contribution in [0.25, 0.3) is 0 Å². The predicted octanol–water partition coefficient (Wildman–Crippen LogP) is 4.45. The summed E-state index contributed by atoms with van der Waals surface area (Å²) < 4.78 is 41.7. The number of ether oxygens (including phenoxy) is 1. The summed E-state index contributed by atoms with van der Waals surface area (Å²) in [6.45, 7) is 5.10. The van der Waals surface area contributed by atoms with E-state index in [1.165, 1.54) is 12.1 Å². The molecule has 0 fully saturated rings. The Morgan fingerprint density at radius 1 is 1.20 bits per heavy atom. The molecule has 0 aromatic heterocycles. The second kappa shape index (κ2) is 7.89. The second-order valence-electron chi connectivity index (χ2n) is 5.76. The van der Waals surface area contributed by atoms with Crippen molar-refractivity contribution in [1.29, 1.82) is 0 Å². The number of hydrogen-bond acceptors (Lipinski definition) is 5. The molecule has 0 unspecified atom stereocenters. The molecule has 0 aliphatic heterocycles. The molecule has 8 heteroatoms. The van der Waals surface area contributed by atoms with Gasteiger partial charge in [-0.2, -0.15) is 0 Å². The predicted molar refractivity (Wildman–Crippen MR) is 110 cm³/mol. The first-order valence-corrected chi connectivity index (χ1v) is 10.9. The molecule has 0 atom stereocenters. The smallest absolute Gasteiger partial charge is 0.343 e. The van der Waals surface area contributed by atoms with Crippen molar-refractivity contribution in [2.75, 3.05) is 0 Å². The molecule has 25 heavy (non-hydrogen) atoms. The summed E-state index contributed by atoms with van der Waals surface area (Å²) >= 11 is 4.24. The van der Waals surface area contributed by atoms with Crippen LogP contribution in [0.15, 0.2) is 35.2 Å². The highest BCUT2D eigenvalue weighted by atomic mass is 127. The van der Waals surface area contributed by atoms with E-state index >= 15 is 0 Å². The van der Waals surface area contributed by atoms with Crippen molar-refractivity contribution in [2.24, 2.45) is 0 Å². The first-order valence-electron chi connectivity index (χ1n) is 7.29. The van der Waals surface area contributed by atoms with Crippen molar-refractivity contribution in [1.82, 2.24) is 0 Å². The summed E-state index contributed by atoms with van der Waals surface area (Å²) in [6, 6.07) is 8.06. The highest BCUT2D eigenvalue weighted by Gasteiger charge is 2.20. The average molecular weight is 585 g/mol.